The number of thioether (sulfide) groups is 1. The summed E-state index contributed by atoms with van der Waals surface area (Å²) in [4.78, 5) is 14.7. The van der Waals surface area contributed by atoms with Gasteiger partial charge < -0.3 is 9.47 Å². The fourth-order valence-corrected chi connectivity index (χ4v) is 6.07. The Morgan fingerprint density at radius 3 is 2.81 bits per heavy atom. The fraction of sp³-hybridized carbons (Fsp3) is 0.333. The Hall–Kier alpha value is -1.84. The van der Waals surface area contributed by atoms with Gasteiger partial charge >= 0.3 is 0 Å². The van der Waals surface area contributed by atoms with Gasteiger partial charge in [0.05, 0.1) is 29.6 Å². The molecule has 2 fully saturated rings. The number of rotatable bonds is 6. The van der Waals surface area contributed by atoms with Crippen molar-refractivity contribution in [3.8, 4) is 11.5 Å². The molecule has 144 valence electrons. The molecule has 9 heteroatoms. The first-order valence-corrected chi connectivity index (χ1v) is 11.3. The standard InChI is InChI=1S/C18H19NO5S3/c1-3-7-24-14-5-4-12(9-15(14)23-2)10-16-17(20)19(18(25)26-16)13-6-8-27(21,22)11-13/h3-5,9-10,13H,1,6-8,11H2,2H3/b16-10+/t13-/m1/s1. The van der Waals surface area contributed by atoms with Crippen molar-refractivity contribution in [3.63, 3.8) is 0 Å². The third-order valence-electron chi connectivity index (χ3n) is 4.24. The van der Waals surface area contributed by atoms with E-state index in [0.717, 1.165) is 5.56 Å². The zero-order chi connectivity index (χ0) is 19.6. The van der Waals surface area contributed by atoms with E-state index in [0.29, 0.717) is 33.8 Å². The topological polar surface area (TPSA) is 72.9 Å². The Bertz CT molecular complexity index is 923. The summed E-state index contributed by atoms with van der Waals surface area (Å²) in [6.07, 6.45) is 3.79. The minimum Gasteiger partial charge on any atom is -0.493 e. The average molecular weight is 426 g/mol. The number of ether oxygens (including phenoxy) is 2. The maximum atomic E-state index is 12.8. The molecule has 2 saturated heterocycles. The maximum Gasteiger partial charge on any atom is 0.266 e. The van der Waals surface area contributed by atoms with Crippen LogP contribution >= 0.6 is 24.0 Å². The number of hydrogen-bond donors (Lipinski definition) is 0. The van der Waals surface area contributed by atoms with E-state index >= 15 is 0 Å². The van der Waals surface area contributed by atoms with Crippen LogP contribution in [0.4, 0.5) is 0 Å². The normalized spacial score (nSPS) is 23.1. The van der Waals surface area contributed by atoms with Gasteiger partial charge in [0.1, 0.15) is 10.9 Å². The minimum absolute atomic E-state index is 0.0319. The van der Waals surface area contributed by atoms with Crippen LogP contribution in [0.2, 0.25) is 0 Å². The first-order chi connectivity index (χ1) is 12.8. The van der Waals surface area contributed by atoms with Gasteiger partial charge in [0.25, 0.3) is 5.91 Å². The number of hydrogen-bond acceptors (Lipinski definition) is 7. The Morgan fingerprint density at radius 1 is 1.41 bits per heavy atom. The maximum absolute atomic E-state index is 12.8. The highest BCUT2D eigenvalue weighted by Crippen LogP contribution is 2.37. The molecule has 1 amide bonds. The lowest BCUT2D eigenvalue weighted by atomic mass is 10.1. The van der Waals surface area contributed by atoms with E-state index in [4.69, 9.17) is 21.7 Å². The van der Waals surface area contributed by atoms with E-state index in [1.807, 2.05) is 6.07 Å². The number of carbonyl (C=O) groups is 1. The molecular weight excluding hydrogens is 406 g/mol. The predicted octanol–water partition coefficient (Wildman–Crippen LogP) is 2.65. The molecule has 0 spiro atoms. The van der Waals surface area contributed by atoms with Crippen LogP contribution in [0, 0.1) is 0 Å². The monoisotopic (exact) mass is 425 g/mol. The highest BCUT2D eigenvalue weighted by Gasteiger charge is 2.42. The van der Waals surface area contributed by atoms with Gasteiger partial charge in [0.2, 0.25) is 0 Å². The van der Waals surface area contributed by atoms with Crippen molar-refractivity contribution in [2.75, 3.05) is 25.2 Å². The molecule has 0 bridgehead atoms. The molecule has 1 aromatic rings. The number of thiocarbonyl (C=S) groups is 1. The second kappa shape index (κ2) is 8.04. The Labute approximate surface area is 168 Å². The predicted molar refractivity (Wildman–Crippen MR) is 111 cm³/mol. The molecule has 0 radical (unpaired) electrons. The molecule has 0 unspecified atom stereocenters. The highest BCUT2D eigenvalue weighted by atomic mass is 32.2. The zero-order valence-electron chi connectivity index (χ0n) is 14.7. The van der Waals surface area contributed by atoms with E-state index in [9.17, 15) is 13.2 Å². The van der Waals surface area contributed by atoms with Gasteiger partial charge in [-0.3, -0.25) is 9.69 Å². The Balaban J connectivity index is 1.82. The summed E-state index contributed by atoms with van der Waals surface area (Å²) in [5.41, 5.74) is 0.761. The summed E-state index contributed by atoms with van der Waals surface area (Å²) in [7, 11) is -1.56. The van der Waals surface area contributed by atoms with Crippen LogP contribution in [0.3, 0.4) is 0 Å². The SMILES string of the molecule is C=CCOc1ccc(/C=C2/SC(=S)N([C@@H]3CCS(=O)(=O)C3)C2=O)cc1OC. The fourth-order valence-electron chi connectivity index (χ4n) is 2.97. The largest absolute Gasteiger partial charge is 0.493 e. The third-order valence-corrected chi connectivity index (χ3v) is 7.32. The van der Waals surface area contributed by atoms with Crippen molar-refractivity contribution in [3.05, 3.63) is 41.3 Å². The zero-order valence-corrected chi connectivity index (χ0v) is 17.2. The Morgan fingerprint density at radius 2 is 2.19 bits per heavy atom. The number of amides is 1. The van der Waals surface area contributed by atoms with Crippen molar-refractivity contribution in [2.45, 2.75) is 12.5 Å². The summed E-state index contributed by atoms with van der Waals surface area (Å²) < 4.78 is 34.7. The highest BCUT2D eigenvalue weighted by molar-refractivity contribution is 8.26. The molecule has 2 heterocycles. The van der Waals surface area contributed by atoms with Gasteiger partial charge in [0, 0.05) is 0 Å². The van der Waals surface area contributed by atoms with Gasteiger partial charge in [-0.1, -0.05) is 42.7 Å². The lowest BCUT2D eigenvalue weighted by molar-refractivity contribution is -0.123. The van der Waals surface area contributed by atoms with Gasteiger partial charge in [-0.15, -0.1) is 0 Å². The van der Waals surface area contributed by atoms with Crippen LogP contribution in [-0.2, 0) is 14.6 Å². The molecule has 2 aliphatic rings. The van der Waals surface area contributed by atoms with Crippen LogP contribution < -0.4 is 9.47 Å². The number of methoxy groups -OCH3 is 1. The van der Waals surface area contributed by atoms with Crippen LogP contribution in [0.15, 0.2) is 35.8 Å². The van der Waals surface area contributed by atoms with Crippen molar-refractivity contribution < 1.29 is 22.7 Å². The molecule has 0 aromatic heterocycles. The number of benzene rings is 1. The Kier molecular flexibility index (Phi) is 5.92. The summed E-state index contributed by atoms with van der Waals surface area (Å²) in [6.45, 7) is 3.97. The molecular formula is C18H19NO5S3. The molecule has 0 saturated carbocycles. The average Bonchev–Trinajstić information content (AvgIpc) is 3.11. The molecule has 6 nitrogen and oxygen atoms in total. The van der Waals surface area contributed by atoms with Gasteiger partial charge in [-0.05, 0) is 30.2 Å². The quantitative estimate of drug-likeness (QED) is 0.394. The van der Waals surface area contributed by atoms with Crippen LogP contribution in [0.25, 0.3) is 6.08 Å². The first-order valence-electron chi connectivity index (χ1n) is 8.24. The number of nitrogens with zero attached hydrogens (tertiary/aromatic N) is 1. The second-order valence-corrected chi connectivity index (χ2v) is 10.0. The van der Waals surface area contributed by atoms with E-state index in [2.05, 4.69) is 6.58 Å². The molecule has 27 heavy (non-hydrogen) atoms. The molecule has 1 aromatic carbocycles. The van der Waals surface area contributed by atoms with Crippen LogP contribution in [-0.4, -0.2) is 54.8 Å². The van der Waals surface area contributed by atoms with Gasteiger partial charge in [-0.2, -0.15) is 0 Å². The summed E-state index contributed by atoms with van der Waals surface area (Å²) in [6, 6.07) is 4.97. The molecule has 0 N–H and O–H groups in total. The van der Waals surface area contributed by atoms with Crippen LogP contribution in [0.1, 0.15) is 12.0 Å². The number of carbonyl (C=O) groups excluding carboxylic acids is 1. The van der Waals surface area contributed by atoms with Gasteiger partial charge in [0.15, 0.2) is 21.3 Å². The smallest absolute Gasteiger partial charge is 0.266 e. The van der Waals surface area contributed by atoms with Gasteiger partial charge in [-0.25, -0.2) is 8.42 Å². The minimum atomic E-state index is -3.10. The van der Waals surface area contributed by atoms with Crippen molar-refractivity contribution in [1.82, 2.24) is 4.90 Å². The molecule has 3 rings (SSSR count). The first kappa shape index (κ1) is 19.9. The van der Waals surface area contributed by atoms with E-state index in [1.165, 1.54) is 16.7 Å². The second-order valence-electron chi connectivity index (χ2n) is 6.12. The molecule has 0 aliphatic carbocycles. The third kappa shape index (κ3) is 4.36. The van der Waals surface area contributed by atoms with E-state index in [-0.39, 0.29) is 23.5 Å². The lowest BCUT2D eigenvalue weighted by Crippen LogP contribution is -2.39. The summed E-state index contributed by atoms with van der Waals surface area (Å²) in [5.74, 6) is 0.937. The van der Waals surface area contributed by atoms with Crippen molar-refractivity contribution >= 4 is 50.1 Å². The lowest BCUT2D eigenvalue weighted by Gasteiger charge is -2.20. The number of sulfone groups is 1. The molecule has 1 atom stereocenters. The van der Waals surface area contributed by atoms with E-state index < -0.39 is 9.84 Å². The van der Waals surface area contributed by atoms with E-state index in [1.54, 1.807) is 31.4 Å². The summed E-state index contributed by atoms with van der Waals surface area (Å²) >= 11 is 6.50. The van der Waals surface area contributed by atoms with Crippen molar-refractivity contribution in [2.24, 2.45) is 0 Å². The van der Waals surface area contributed by atoms with Crippen molar-refractivity contribution in [1.29, 1.82) is 0 Å². The van der Waals surface area contributed by atoms with Crippen LogP contribution in [0.5, 0.6) is 11.5 Å². The summed E-state index contributed by atoms with van der Waals surface area (Å²) in [5, 5.41) is 0. The molecule has 2 aliphatic heterocycles.